The Morgan fingerprint density at radius 1 is 1.11 bits per heavy atom. The van der Waals surface area contributed by atoms with E-state index < -0.39 is 40.2 Å². The van der Waals surface area contributed by atoms with Gasteiger partial charge in [-0.25, -0.2) is 18.2 Å². The largest absolute Gasteiger partial charge is 0.411 e. The first-order chi connectivity index (χ1) is 27.4. The second-order valence-corrected chi connectivity index (χ2v) is 18.7. The second-order valence-electron chi connectivity index (χ2n) is 15.9. The molecule has 2 aromatic carbocycles. The summed E-state index contributed by atoms with van der Waals surface area (Å²) in [6, 6.07) is 13.3. The van der Waals surface area contributed by atoms with Gasteiger partial charge < -0.3 is 30.2 Å². The lowest BCUT2D eigenvalue weighted by molar-refractivity contribution is -0.128. The molecule has 1 aromatic heterocycles. The Kier molecular flexibility index (Phi) is 16.1. The van der Waals surface area contributed by atoms with Crippen molar-refractivity contribution >= 4 is 39.5 Å². The molecule has 5 atom stereocenters. The predicted molar refractivity (Wildman–Crippen MR) is 222 cm³/mol. The molecule has 1 aliphatic heterocycles. The number of carbonyl (C=O) groups is 2. The van der Waals surface area contributed by atoms with E-state index >= 15 is 0 Å². The third-order valence-electron chi connectivity index (χ3n) is 11.5. The maximum absolute atomic E-state index is 14.7. The highest BCUT2D eigenvalue weighted by atomic mass is 32.2. The molecule has 1 unspecified atom stereocenters. The first-order valence-corrected chi connectivity index (χ1v) is 22.5. The van der Waals surface area contributed by atoms with Crippen LogP contribution in [0.3, 0.4) is 0 Å². The Morgan fingerprint density at radius 2 is 1.81 bits per heavy atom. The number of carbonyl (C=O) groups excluding carboxylic acids is 2. The Labute approximate surface area is 342 Å². The number of urea groups is 1. The highest BCUT2D eigenvalue weighted by Gasteiger charge is 2.42. The predicted octanol–water partition coefficient (Wildman–Crippen LogP) is 6.13. The SMILES string of the molecule is CC[C@H](C)[C@@H](C(=O)N[C@@H](Cc1ccccc1)[C@H](O)CN(C(CC1CCCC1)C(C)C)S(=O)(=O)c1ccc(C=NO)cc1)N1CCN(Cc2csc(COC)n2)C1=O. The van der Waals surface area contributed by atoms with E-state index in [1.807, 2.05) is 63.4 Å². The van der Waals surface area contributed by atoms with Crippen molar-refractivity contribution in [3.05, 3.63) is 81.8 Å². The van der Waals surface area contributed by atoms with Gasteiger partial charge in [-0.2, -0.15) is 4.31 Å². The van der Waals surface area contributed by atoms with Gasteiger partial charge in [-0.3, -0.25) is 4.79 Å². The van der Waals surface area contributed by atoms with Gasteiger partial charge in [0, 0.05) is 38.2 Å². The van der Waals surface area contributed by atoms with Gasteiger partial charge in [0.15, 0.2) is 0 Å². The molecule has 3 aromatic rings. The summed E-state index contributed by atoms with van der Waals surface area (Å²) < 4.78 is 36.0. The summed E-state index contributed by atoms with van der Waals surface area (Å²) >= 11 is 1.48. The van der Waals surface area contributed by atoms with Gasteiger partial charge in [-0.05, 0) is 53.9 Å². The number of hydrogen-bond donors (Lipinski definition) is 3. The minimum atomic E-state index is -4.15. The number of methoxy groups -OCH3 is 1. The van der Waals surface area contributed by atoms with Crippen LogP contribution in [0.1, 0.15) is 88.0 Å². The number of hydrogen-bond acceptors (Lipinski definition) is 10. The topological polar surface area (TPSA) is 165 Å². The van der Waals surface area contributed by atoms with Gasteiger partial charge in [0.2, 0.25) is 15.9 Å². The zero-order valence-corrected chi connectivity index (χ0v) is 35.5. The quantitative estimate of drug-likeness (QED) is 0.0656. The molecule has 3 N–H and O–H groups in total. The molecule has 0 radical (unpaired) electrons. The molecule has 15 heteroatoms. The average Bonchev–Trinajstić information content (AvgIpc) is 3.96. The maximum Gasteiger partial charge on any atom is 0.321 e. The number of aliphatic hydroxyl groups is 1. The molecular formula is C42H60N6O7S2. The molecule has 2 fully saturated rings. The van der Waals surface area contributed by atoms with Crippen molar-refractivity contribution in [1.82, 2.24) is 24.4 Å². The molecule has 1 saturated heterocycles. The van der Waals surface area contributed by atoms with Crippen molar-refractivity contribution in [2.24, 2.45) is 22.9 Å². The number of sulfonamides is 1. The van der Waals surface area contributed by atoms with Crippen LogP contribution in [0.25, 0.3) is 0 Å². The maximum atomic E-state index is 14.7. The van der Waals surface area contributed by atoms with Crippen LogP contribution in [-0.2, 0) is 39.1 Å². The fourth-order valence-electron chi connectivity index (χ4n) is 8.12. The third kappa shape index (κ3) is 11.4. The minimum absolute atomic E-state index is 0.0620. The van der Waals surface area contributed by atoms with Crippen molar-refractivity contribution in [2.75, 3.05) is 26.7 Å². The summed E-state index contributed by atoms with van der Waals surface area (Å²) in [5.41, 5.74) is 2.16. The third-order valence-corrected chi connectivity index (χ3v) is 14.3. The number of rotatable bonds is 21. The molecule has 2 heterocycles. The summed E-state index contributed by atoms with van der Waals surface area (Å²) in [7, 11) is -2.54. The van der Waals surface area contributed by atoms with Crippen LogP contribution in [0, 0.1) is 17.8 Å². The Bertz CT molecular complexity index is 1870. The number of nitrogens with zero attached hydrogens (tertiary/aromatic N) is 5. The zero-order chi connectivity index (χ0) is 41.1. The normalized spacial score (nSPS) is 18.1. The summed E-state index contributed by atoms with van der Waals surface area (Å²) in [6.07, 6.45) is 5.74. The molecule has 1 aliphatic carbocycles. The highest BCUT2D eigenvalue weighted by Crippen LogP contribution is 2.34. The second kappa shape index (κ2) is 20.7. The Balaban J connectivity index is 1.44. The molecule has 3 amide bonds. The lowest BCUT2D eigenvalue weighted by Gasteiger charge is -2.38. The molecule has 312 valence electrons. The molecule has 5 rings (SSSR count). The number of amides is 3. The number of ether oxygens (including phenoxy) is 1. The van der Waals surface area contributed by atoms with E-state index in [-0.39, 0.29) is 35.7 Å². The Morgan fingerprint density at radius 3 is 2.44 bits per heavy atom. The van der Waals surface area contributed by atoms with E-state index in [1.54, 1.807) is 29.0 Å². The van der Waals surface area contributed by atoms with Gasteiger partial charge in [0.1, 0.15) is 11.0 Å². The van der Waals surface area contributed by atoms with Gasteiger partial charge >= 0.3 is 6.03 Å². The molecule has 0 spiro atoms. The number of oxime groups is 1. The first kappa shape index (κ1) is 44.2. The number of aliphatic hydroxyl groups excluding tert-OH is 1. The van der Waals surface area contributed by atoms with E-state index in [0.29, 0.717) is 50.6 Å². The van der Waals surface area contributed by atoms with Crippen molar-refractivity contribution in [3.63, 3.8) is 0 Å². The smallest absolute Gasteiger partial charge is 0.321 e. The zero-order valence-electron chi connectivity index (χ0n) is 33.9. The fraction of sp³-hybridized carbons (Fsp3) is 0.571. The molecule has 57 heavy (non-hydrogen) atoms. The van der Waals surface area contributed by atoms with Gasteiger partial charge in [-0.1, -0.05) is 107 Å². The van der Waals surface area contributed by atoms with Crippen LogP contribution in [0.4, 0.5) is 4.79 Å². The number of aromatic nitrogens is 1. The lowest BCUT2D eigenvalue weighted by Crippen LogP contribution is -2.58. The van der Waals surface area contributed by atoms with Crippen molar-refractivity contribution in [3.8, 4) is 0 Å². The van der Waals surface area contributed by atoms with E-state index in [2.05, 4.69) is 15.5 Å². The molecule has 1 saturated carbocycles. The van der Waals surface area contributed by atoms with Crippen LogP contribution in [0.2, 0.25) is 0 Å². The standard InChI is InChI=1S/C42H60N6O7S2/c1-6-30(4)40(47-21-20-46(42(47)51)25-34-28-56-39(44-34)27-55-5)41(50)45-36(22-31-12-8-7-9-13-31)38(49)26-48(37(29(2)3)23-32-14-10-11-15-32)57(53,54)35-18-16-33(17-19-35)24-43-52/h7-9,12-13,16-19,24,28-30,32,36-38,40,49,52H,6,10-11,14-15,20-23,25-27H2,1-5H3,(H,45,50)/t30-,36-,37?,38+,40-/m0/s1. The summed E-state index contributed by atoms with van der Waals surface area (Å²) in [5.74, 6) is -0.293. The van der Waals surface area contributed by atoms with Gasteiger partial charge in [0.05, 0.1) is 42.1 Å². The Hall–Kier alpha value is -3.89. The summed E-state index contributed by atoms with van der Waals surface area (Å²) in [6.45, 7) is 9.21. The van der Waals surface area contributed by atoms with Gasteiger partial charge in [-0.15, -0.1) is 11.3 Å². The molecule has 2 aliphatic rings. The van der Waals surface area contributed by atoms with E-state index in [4.69, 9.17) is 9.94 Å². The first-order valence-electron chi connectivity index (χ1n) is 20.2. The summed E-state index contributed by atoms with van der Waals surface area (Å²) in [5, 5.41) is 30.2. The van der Waals surface area contributed by atoms with Crippen LogP contribution < -0.4 is 5.32 Å². The van der Waals surface area contributed by atoms with E-state index in [0.717, 1.165) is 41.9 Å². The van der Waals surface area contributed by atoms with Crippen LogP contribution in [-0.4, -0.2) is 107 Å². The van der Waals surface area contributed by atoms with Crippen LogP contribution in [0.5, 0.6) is 0 Å². The van der Waals surface area contributed by atoms with Gasteiger partial charge in [0.25, 0.3) is 0 Å². The van der Waals surface area contributed by atoms with Crippen LogP contribution >= 0.6 is 11.3 Å². The average molecular weight is 825 g/mol. The lowest BCUT2D eigenvalue weighted by atomic mass is 9.91. The molecule has 13 nitrogen and oxygen atoms in total. The number of benzene rings is 2. The highest BCUT2D eigenvalue weighted by molar-refractivity contribution is 7.89. The minimum Gasteiger partial charge on any atom is -0.411 e. The van der Waals surface area contributed by atoms with E-state index in [9.17, 15) is 23.1 Å². The molecule has 0 bridgehead atoms. The monoisotopic (exact) mass is 824 g/mol. The van der Waals surface area contributed by atoms with Crippen molar-refractivity contribution in [1.29, 1.82) is 0 Å². The van der Waals surface area contributed by atoms with Crippen molar-refractivity contribution < 1.29 is 33.1 Å². The van der Waals surface area contributed by atoms with Crippen molar-refractivity contribution in [2.45, 2.75) is 115 Å². The number of nitrogens with one attached hydrogen (secondary N) is 1. The number of thiazole rings is 1. The molecular weight excluding hydrogens is 765 g/mol. The van der Waals surface area contributed by atoms with Crippen LogP contribution in [0.15, 0.2) is 70.0 Å². The fourth-order valence-corrected chi connectivity index (χ4v) is 10.7. The van der Waals surface area contributed by atoms with E-state index in [1.165, 1.54) is 34.0 Å². The summed E-state index contributed by atoms with van der Waals surface area (Å²) in [4.78, 5) is 36.5.